The van der Waals surface area contributed by atoms with Crippen molar-refractivity contribution >= 4 is 18.0 Å². The third-order valence-electron chi connectivity index (χ3n) is 11.2. The molecule has 0 saturated heterocycles. The van der Waals surface area contributed by atoms with E-state index in [1.54, 1.807) is 25.7 Å². The van der Waals surface area contributed by atoms with Crippen molar-refractivity contribution in [1.82, 2.24) is 10.2 Å². The van der Waals surface area contributed by atoms with Gasteiger partial charge in [-0.25, -0.2) is 4.79 Å². The van der Waals surface area contributed by atoms with Crippen molar-refractivity contribution in [2.75, 3.05) is 32.9 Å². The number of ether oxygens (including phenoxy) is 4. The predicted molar refractivity (Wildman–Crippen MR) is 234 cm³/mol. The summed E-state index contributed by atoms with van der Waals surface area (Å²) in [4.78, 5) is 43.4. The van der Waals surface area contributed by atoms with Gasteiger partial charge in [0.2, 0.25) is 5.91 Å². The summed E-state index contributed by atoms with van der Waals surface area (Å²) >= 11 is 0. The van der Waals surface area contributed by atoms with Gasteiger partial charge in [0.05, 0.1) is 13.0 Å². The highest BCUT2D eigenvalue weighted by molar-refractivity contribution is 5.90. The van der Waals surface area contributed by atoms with Crippen molar-refractivity contribution in [3.8, 4) is 22.3 Å². The van der Waals surface area contributed by atoms with Crippen molar-refractivity contribution in [3.05, 3.63) is 155 Å². The van der Waals surface area contributed by atoms with Gasteiger partial charge in [0.15, 0.2) is 6.29 Å². The molecule has 312 valence electrons. The minimum absolute atomic E-state index is 0.0343. The molecule has 0 spiro atoms. The van der Waals surface area contributed by atoms with Gasteiger partial charge < -0.3 is 29.2 Å². The van der Waals surface area contributed by atoms with E-state index < -0.39 is 35.9 Å². The highest BCUT2D eigenvalue weighted by atomic mass is 16.7. The molecule has 7 rings (SSSR count). The molecule has 2 aliphatic rings. The first-order chi connectivity index (χ1) is 29.0. The topological polar surface area (TPSA) is 103 Å². The largest absolute Gasteiger partial charge is 0.460 e. The van der Waals surface area contributed by atoms with Crippen LogP contribution in [0.4, 0.5) is 4.79 Å². The van der Waals surface area contributed by atoms with E-state index >= 15 is 0 Å². The molecule has 0 heterocycles. The molecule has 0 fully saturated rings. The fourth-order valence-corrected chi connectivity index (χ4v) is 8.73. The van der Waals surface area contributed by atoms with Gasteiger partial charge in [0.1, 0.15) is 18.2 Å². The highest BCUT2D eigenvalue weighted by Crippen LogP contribution is 2.50. The molecule has 0 bridgehead atoms. The third kappa shape index (κ3) is 9.81. The van der Waals surface area contributed by atoms with Crippen LogP contribution in [0.5, 0.6) is 0 Å². The van der Waals surface area contributed by atoms with Crippen LogP contribution in [0.25, 0.3) is 22.3 Å². The van der Waals surface area contributed by atoms with Gasteiger partial charge in [0.25, 0.3) is 0 Å². The minimum atomic E-state index is -1.27. The summed E-state index contributed by atoms with van der Waals surface area (Å²) in [5.74, 6) is -1.15. The molecular formula is C51H56N2O7. The van der Waals surface area contributed by atoms with Gasteiger partial charge in [-0.2, -0.15) is 0 Å². The second-order valence-corrected chi connectivity index (χ2v) is 16.4. The second-order valence-electron chi connectivity index (χ2n) is 16.4. The first-order valence-electron chi connectivity index (χ1n) is 21.1. The van der Waals surface area contributed by atoms with E-state index in [9.17, 15) is 14.4 Å². The van der Waals surface area contributed by atoms with Crippen LogP contribution in [0.3, 0.4) is 0 Å². The molecule has 0 saturated carbocycles. The first kappa shape index (κ1) is 42.4. The van der Waals surface area contributed by atoms with E-state index in [1.807, 2.05) is 56.3 Å². The van der Waals surface area contributed by atoms with Crippen LogP contribution in [0.2, 0.25) is 0 Å². The van der Waals surface area contributed by atoms with Crippen molar-refractivity contribution < 1.29 is 33.3 Å². The zero-order chi connectivity index (χ0) is 42.2. The van der Waals surface area contributed by atoms with Gasteiger partial charge >= 0.3 is 12.1 Å². The van der Waals surface area contributed by atoms with E-state index in [4.69, 9.17) is 18.9 Å². The number of nitrogens with one attached hydrogen (secondary N) is 1. The lowest BCUT2D eigenvalue weighted by molar-refractivity contribution is -0.163. The third-order valence-corrected chi connectivity index (χ3v) is 11.2. The Labute approximate surface area is 354 Å². The summed E-state index contributed by atoms with van der Waals surface area (Å²) in [7, 11) is 0. The number of carbonyl (C=O) groups is 3. The number of benzene rings is 5. The number of nitrogens with zero attached hydrogens (tertiary/aromatic N) is 1. The summed E-state index contributed by atoms with van der Waals surface area (Å²) in [6.07, 6.45) is -0.555. The summed E-state index contributed by atoms with van der Waals surface area (Å²) in [5, 5.41) is 2.78. The monoisotopic (exact) mass is 808 g/mol. The zero-order valence-electron chi connectivity index (χ0n) is 35.3. The standard InChI is InChI=1S/C51H56N2O7/c1-6-57-47(58-7-2)32-53(29-28-34-18-9-8-10-19-34)49(55)45(31-46(54)60-51(3,4)5)52-50(56)59-33-44-41-26-16-13-23-38(41)42-27-17-20-35(48(42)44)30-43-39-24-14-11-21-36(39)37-22-12-15-25-40(37)43/h8-27,43-45,47H,6-7,28-33H2,1-5H3,(H,52,56)/t44?,45-/m0/s1. The molecule has 5 aromatic carbocycles. The molecule has 9 nitrogen and oxygen atoms in total. The molecule has 2 amide bonds. The van der Waals surface area contributed by atoms with Crippen molar-refractivity contribution in [3.63, 3.8) is 0 Å². The number of alkyl carbamates (subject to hydrolysis) is 1. The minimum Gasteiger partial charge on any atom is -0.460 e. The lowest BCUT2D eigenvalue weighted by Gasteiger charge is -2.31. The number of rotatable bonds is 17. The fraction of sp³-hybridized carbons (Fsp3) is 0.353. The highest BCUT2D eigenvalue weighted by Gasteiger charge is 2.36. The van der Waals surface area contributed by atoms with Gasteiger partial charge in [-0.15, -0.1) is 0 Å². The Morgan fingerprint density at radius 1 is 0.683 bits per heavy atom. The summed E-state index contributed by atoms with van der Waals surface area (Å²) in [5.41, 5.74) is 11.0. The second kappa shape index (κ2) is 19.1. The van der Waals surface area contributed by atoms with Gasteiger partial charge in [-0.1, -0.05) is 121 Å². The number of amides is 2. The molecule has 2 aliphatic carbocycles. The van der Waals surface area contributed by atoms with Crippen molar-refractivity contribution in [2.45, 2.75) is 83.6 Å². The smallest absolute Gasteiger partial charge is 0.407 e. The quantitative estimate of drug-likeness (QED) is 0.0738. The fourth-order valence-electron chi connectivity index (χ4n) is 8.73. The Morgan fingerprint density at radius 3 is 1.83 bits per heavy atom. The number of hydrogen-bond donors (Lipinski definition) is 1. The molecule has 0 aromatic heterocycles. The predicted octanol–water partition coefficient (Wildman–Crippen LogP) is 9.45. The summed E-state index contributed by atoms with van der Waals surface area (Å²) in [6, 6.07) is 40.6. The normalized spacial score (nSPS) is 14.5. The molecule has 2 atom stereocenters. The Morgan fingerprint density at radius 2 is 1.23 bits per heavy atom. The molecule has 9 heteroatoms. The van der Waals surface area contributed by atoms with E-state index in [2.05, 4.69) is 84.2 Å². The zero-order valence-corrected chi connectivity index (χ0v) is 35.3. The van der Waals surface area contributed by atoms with Crippen molar-refractivity contribution in [1.29, 1.82) is 0 Å². The van der Waals surface area contributed by atoms with Gasteiger partial charge in [0, 0.05) is 31.6 Å². The molecule has 1 unspecified atom stereocenters. The van der Waals surface area contributed by atoms with Gasteiger partial charge in [-0.05, 0) is 103 Å². The molecule has 5 aromatic rings. The van der Waals surface area contributed by atoms with E-state index in [0.29, 0.717) is 26.2 Å². The van der Waals surface area contributed by atoms with Crippen LogP contribution in [0, 0.1) is 0 Å². The average Bonchev–Trinajstić information content (AvgIpc) is 3.73. The van der Waals surface area contributed by atoms with Crippen molar-refractivity contribution in [2.24, 2.45) is 0 Å². The maximum absolute atomic E-state index is 14.6. The van der Waals surface area contributed by atoms with E-state index in [-0.39, 0.29) is 31.4 Å². The number of esters is 1. The Balaban J connectivity index is 1.14. The summed E-state index contributed by atoms with van der Waals surface area (Å²) < 4.78 is 23.4. The lowest BCUT2D eigenvalue weighted by Crippen LogP contribution is -2.52. The molecule has 0 radical (unpaired) electrons. The number of carbonyl (C=O) groups excluding carboxylic acids is 3. The van der Waals surface area contributed by atoms with Crippen LogP contribution >= 0.6 is 0 Å². The van der Waals surface area contributed by atoms with Crippen LogP contribution in [0.15, 0.2) is 121 Å². The number of fused-ring (bicyclic) bond motifs is 6. The number of hydrogen-bond acceptors (Lipinski definition) is 7. The Kier molecular flexibility index (Phi) is 13.5. The first-order valence-corrected chi connectivity index (χ1v) is 21.1. The maximum atomic E-state index is 14.6. The van der Waals surface area contributed by atoms with Crippen LogP contribution in [0.1, 0.15) is 86.3 Å². The summed E-state index contributed by atoms with van der Waals surface area (Å²) in [6.45, 7) is 10.2. The Hall–Kier alpha value is -5.77. The average molecular weight is 809 g/mol. The molecule has 0 aliphatic heterocycles. The van der Waals surface area contributed by atoms with Crippen LogP contribution < -0.4 is 5.32 Å². The SMILES string of the molecule is CCOC(CN(CCc1ccccc1)C(=O)[C@H](CC(=O)OC(C)(C)C)NC(=O)OCC1c2ccccc2-c2cccc(CC3c4ccccc4-c4ccccc43)c21)OCC. The molecule has 60 heavy (non-hydrogen) atoms. The molecule has 1 N–H and O–H groups in total. The van der Waals surface area contributed by atoms with Crippen LogP contribution in [-0.2, 0) is 41.4 Å². The maximum Gasteiger partial charge on any atom is 0.407 e. The van der Waals surface area contributed by atoms with E-state index in [0.717, 1.165) is 34.2 Å². The Bertz CT molecular complexity index is 2230. The van der Waals surface area contributed by atoms with Crippen LogP contribution in [-0.4, -0.2) is 73.7 Å². The van der Waals surface area contributed by atoms with E-state index in [1.165, 1.54) is 27.8 Å². The lowest BCUT2D eigenvalue weighted by atomic mass is 9.85. The van der Waals surface area contributed by atoms with Gasteiger partial charge in [-0.3, -0.25) is 9.59 Å². The molecular weight excluding hydrogens is 753 g/mol.